The van der Waals surface area contributed by atoms with E-state index in [-0.39, 0.29) is 0 Å². The molecule has 0 bridgehead atoms. The van der Waals surface area contributed by atoms with Gasteiger partial charge in [-0.3, -0.25) is 0 Å². The lowest BCUT2D eigenvalue weighted by molar-refractivity contribution is 0.134. The van der Waals surface area contributed by atoms with E-state index in [1.54, 1.807) is 0 Å². The van der Waals surface area contributed by atoms with Gasteiger partial charge in [-0.25, -0.2) is 0 Å². The quantitative estimate of drug-likeness (QED) is 0.696. The standard InChI is InChI=1S/C11H11NO.C2H6/c1-7-4-12-11-3-9-6-13-5-8(9)2-10(7)11;1-2/h2-4,12H,5-6H2,1H3;1-2H3. The Bertz CT molecular complexity index is 471. The molecular formula is C13H17NO. The molecule has 0 spiro atoms. The summed E-state index contributed by atoms with van der Waals surface area (Å²) in [4.78, 5) is 3.26. The van der Waals surface area contributed by atoms with E-state index in [2.05, 4.69) is 30.2 Å². The monoisotopic (exact) mass is 203 g/mol. The van der Waals surface area contributed by atoms with Gasteiger partial charge < -0.3 is 9.72 Å². The minimum Gasteiger partial charge on any atom is -0.372 e. The number of rotatable bonds is 0. The van der Waals surface area contributed by atoms with Gasteiger partial charge in [-0.2, -0.15) is 0 Å². The summed E-state index contributed by atoms with van der Waals surface area (Å²) in [5.74, 6) is 0. The molecule has 0 aliphatic carbocycles. The van der Waals surface area contributed by atoms with Crippen LogP contribution in [0.3, 0.4) is 0 Å². The molecule has 0 saturated carbocycles. The summed E-state index contributed by atoms with van der Waals surface area (Å²) in [6.07, 6.45) is 2.06. The molecular weight excluding hydrogens is 186 g/mol. The van der Waals surface area contributed by atoms with E-state index in [1.807, 2.05) is 13.8 Å². The molecule has 0 saturated heterocycles. The van der Waals surface area contributed by atoms with Crippen molar-refractivity contribution in [1.82, 2.24) is 4.98 Å². The fourth-order valence-corrected chi connectivity index (χ4v) is 1.94. The van der Waals surface area contributed by atoms with Gasteiger partial charge in [-0.05, 0) is 35.7 Å². The van der Waals surface area contributed by atoms with Crippen molar-refractivity contribution in [3.8, 4) is 0 Å². The lowest BCUT2D eigenvalue weighted by Crippen LogP contribution is -1.81. The molecule has 0 amide bonds. The lowest BCUT2D eigenvalue weighted by atomic mass is 10.1. The Hall–Kier alpha value is -1.28. The highest BCUT2D eigenvalue weighted by molar-refractivity contribution is 5.84. The number of ether oxygens (including phenoxy) is 1. The number of hydrogen-bond acceptors (Lipinski definition) is 1. The summed E-state index contributed by atoms with van der Waals surface area (Å²) >= 11 is 0. The molecule has 0 unspecified atom stereocenters. The maximum absolute atomic E-state index is 5.38. The van der Waals surface area contributed by atoms with E-state index in [0.29, 0.717) is 0 Å². The van der Waals surface area contributed by atoms with Crippen molar-refractivity contribution in [3.05, 3.63) is 35.0 Å². The minimum atomic E-state index is 0.767. The molecule has 0 radical (unpaired) electrons. The largest absolute Gasteiger partial charge is 0.372 e. The van der Waals surface area contributed by atoms with Crippen LogP contribution in [-0.2, 0) is 18.0 Å². The third kappa shape index (κ3) is 1.65. The Morgan fingerprint density at radius 3 is 2.53 bits per heavy atom. The Kier molecular flexibility index (Phi) is 2.78. The van der Waals surface area contributed by atoms with Crippen LogP contribution in [0.4, 0.5) is 0 Å². The number of fused-ring (bicyclic) bond motifs is 2. The molecule has 0 fully saturated rings. The number of hydrogen-bond donors (Lipinski definition) is 1. The first kappa shape index (κ1) is 10.2. The van der Waals surface area contributed by atoms with E-state index in [4.69, 9.17) is 4.74 Å². The number of nitrogens with one attached hydrogen (secondary N) is 1. The Morgan fingerprint density at radius 1 is 1.13 bits per heavy atom. The van der Waals surface area contributed by atoms with Crippen LogP contribution in [0, 0.1) is 6.92 Å². The van der Waals surface area contributed by atoms with Crippen LogP contribution >= 0.6 is 0 Å². The predicted octanol–water partition coefficient (Wildman–Crippen LogP) is 3.53. The van der Waals surface area contributed by atoms with Crippen molar-refractivity contribution in [2.24, 2.45) is 0 Å². The lowest BCUT2D eigenvalue weighted by Gasteiger charge is -1.97. The highest BCUT2D eigenvalue weighted by atomic mass is 16.5. The molecule has 15 heavy (non-hydrogen) atoms. The van der Waals surface area contributed by atoms with Crippen molar-refractivity contribution in [1.29, 1.82) is 0 Å². The Balaban J connectivity index is 0.000000404. The molecule has 2 heteroatoms. The van der Waals surface area contributed by atoms with Crippen LogP contribution in [0.1, 0.15) is 30.5 Å². The van der Waals surface area contributed by atoms with Crippen LogP contribution in [0.25, 0.3) is 10.9 Å². The van der Waals surface area contributed by atoms with Crippen LogP contribution < -0.4 is 0 Å². The Labute approximate surface area is 90.3 Å². The van der Waals surface area contributed by atoms with Crippen molar-refractivity contribution in [2.75, 3.05) is 0 Å². The highest BCUT2D eigenvalue weighted by Gasteiger charge is 2.12. The van der Waals surface area contributed by atoms with Gasteiger partial charge >= 0.3 is 0 Å². The zero-order chi connectivity index (χ0) is 10.8. The van der Waals surface area contributed by atoms with E-state index in [0.717, 1.165) is 13.2 Å². The summed E-state index contributed by atoms with van der Waals surface area (Å²) in [5.41, 5.74) is 5.20. The second kappa shape index (κ2) is 4.07. The normalized spacial score (nSPS) is 13.5. The molecule has 1 aliphatic heterocycles. The summed E-state index contributed by atoms with van der Waals surface area (Å²) in [5, 5.41) is 1.32. The first-order chi connectivity index (χ1) is 7.34. The molecule has 1 N–H and O–H groups in total. The molecule has 0 atom stereocenters. The number of H-pyrrole nitrogens is 1. The van der Waals surface area contributed by atoms with E-state index in [9.17, 15) is 0 Å². The van der Waals surface area contributed by atoms with Gasteiger partial charge in [0.25, 0.3) is 0 Å². The molecule has 3 rings (SSSR count). The van der Waals surface area contributed by atoms with Gasteiger partial charge in [-0.1, -0.05) is 13.8 Å². The van der Waals surface area contributed by atoms with E-state index in [1.165, 1.54) is 27.6 Å². The fourth-order valence-electron chi connectivity index (χ4n) is 1.94. The van der Waals surface area contributed by atoms with Gasteiger partial charge in [0.05, 0.1) is 13.2 Å². The summed E-state index contributed by atoms with van der Waals surface area (Å²) in [6, 6.07) is 4.44. The van der Waals surface area contributed by atoms with Gasteiger partial charge in [0.1, 0.15) is 0 Å². The van der Waals surface area contributed by atoms with Crippen LogP contribution in [0.5, 0.6) is 0 Å². The van der Waals surface area contributed by atoms with Crippen molar-refractivity contribution in [2.45, 2.75) is 34.0 Å². The summed E-state index contributed by atoms with van der Waals surface area (Å²) < 4.78 is 5.38. The van der Waals surface area contributed by atoms with Crippen molar-refractivity contribution in [3.63, 3.8) is 0 Å². The van der Waals surface area contributed by atoms with Crippen LogP contribution in [-0.4, -0.2) is 4.98 Å². The van der Waals surface area contributed by atoms with Gasteiger partial charge in [-0.15, -0.1) is 0 Å². The average Bonchev–Trinajstić information content (AvgIpc) is 2.86. The molecule has 2 aromatic rings. The number of aryl methyl sites for hydroxylation is 1. The third-order valence-corrected chi connectivity index (χ3v) is 2.72. The first-order valence-corrected chi connectivity index (χ1v) is 5.52. The fraction of sp³-hybridized carbons (Fsp3) is 0.385. The first-order valence-electron chi connectivity index (χ1n) is 5.52. The smallest absolute Gasteiger partial charge is 0.0725 e. The second-order valence-corrected chi connectivity index (χ2v) is 3.63. The maximum atomic E-state index is 5.38. The number of aromatic nitrogens is 1. The highest BCUT2D eigenvalue weighted by Crippen LogP contribution is 2.27. The number of benzene rings is 1. The van der Waals surface area contributed by atoms with Gasteiger partial charge in [0, 0.05) is 17.1 Å². The van der Waals surface area contributed by atoms with Crippen LogP contribution in [0.2, 0.25) is 0 Å². The molecule has 1 aromatic heterocycles. The van der Waals surface area contributed by atoms with Crippen LogP contribution in [0.15, 0.2) is 18.3 Å². The van der Waals surface area contributed by atoms with E-state index >= 15 is 0 Å². The van der Waals surface area contributed by atoms with Crippen molar-refractivity contribution < 1.29 is 4.74 Å². The molecule has 1 aliphatic rings. The summed E-state index contributed by atoms with van der Waals surface area (Å²) in [6.45, 7) is 7.67. The molecule has 80 valence electrons. The topological polar surface area (TPSA) is 25.0 Å². The van der Waals surface area contributed by atoms with Gasteiger partial charge in [0.15, 0.2) is 0 Å². The third-order valence-electron chi connectivity index (χ3n) is 2.72. The minimum absolute atomic E-state index is 0.767. The maximum Gasteiger partial charge on any atom is 0.0725 e. The summed E-state index contributed by atoms with van der Waals surface area (Å²) in [7, 11) is 0. The number of aromatic amines is 1. The Morgan fingerprint density at radius 2 is 1.80 bits per heavy atom. The zero-order valence-electron chi connectivity index (χ0n) is 9.55. The predicted molar refractivity (Wildman–Crippen MR) is 62.9 cm³/mol. The second-order valence-electron chi connectivity index (χ2n) is 3.63. The zero-order valence-corrected chi connectivity index (χ0v) is 9.55. The SMILES string of the molecule is CC.Cc1c[nH]c2cc3c(cc12)COC3. The van der Waals surface area contributed by atoms with E-state index < -0.39 is 0 Å². The molecule has 2 heterocycles. The average molecular weight is 203 g/mol. The molecule has 1 aromatic carbocycles. The van der Waals surface area contributed by atoms with Gasteiger partial charge in [0.2, 0.25) is 0 Å². The molecule has 2 nitrogen and oxygen atoms in total. The van der Waals surface area contributed by atoms with Crippen molar-refractivity contribution >= 4 is 10.9 Å².